The molecule has 1 aromatic carbocycles. The van der Waals surface area contributed by atoms with Crippen LogP contribution in [0.25, 0.3) is 0 Å². The summed E-state index contributed by atoms with van der Waals surface area (Å²) >= 11 is 0. The average molecular weight is 325 g/mol. The fraction of sp³-hybridized carbons (Fsp3) is 0.438. The largest absolute Gasteiger partial charge is 0.435 e. The summed E-state index contributed by atoms with van der Waals surface area (Å²) in [6.45, 7) is 0.164. The van der Waals surface area contributed by atoms with E-state index in [1.807, 2.05) is 20.2 Å². The predicted molar refractivity (Wildman–Crippen MR) is 82.3 cm³/mol. The zero-order chi connectivity index (χ0) is 16.8. The van der Waals surface area contributed by atoms with Crippen LogP contribution in [0.3, 0.4) is 0 Å². The Balaban J connectivity index is 1.85. The first-order chi connectivity index (χ1) is 11.0. The summed E-state index contributed by atoms with van der Waals surface area (Å²) < 4.78 is 30.2. The van der Waals surface area contributed by atoms with Crippen molar-refractivity contribution in [1.29, 1.82) is 0 Å². The number of ether oxygens (including phenoxy) is 1. The number of benzene rings is 1. The molecule has 0 fully saturated rings. The van der Waals surface area contributed by atoms with Gasteiger partial charge in [0.15, 0.2) is 0 Å². The van der Waals surface area contributed by atoms with Gasteiger partial charge in [0.2, 0.25) is 0 Å². The summed E-state index contributed by atoms with van der Waals surface area (Å²) in [5.41, 5.74) is 2.77. The van der Waals surface area contributed by atoms with Gasteiger partial charge in [-0.3, -0.25) is 4.68 Å². The van der Waals surface area contributed by atoms with Crippen LogP contribution in [0.1, 0.15) is 29.8 Å². The zero-order valence-electron chi connectivity index (χ0n) is 13.2. The molecule has 2 aromatic rings. The Morgan fingerprint density at radius 3 is 2.61 bits per heavy atom. The fourth-order valence-electron chi connectivity index (χ4n) is 2.36. The molecule has 0 radical (unpaired) electrons. The Labute approximate surface area is 133 Å². The normalized spacial score (nSPS) is 12.6. The highest BCUT2D eigenvalue weighted by Crippen LogP contribution is 2.19. The maximum absolute atomic E-state index is 12.1. The standard InChI is InChI=1S/C16H21F2N3O2/c1-3-14-12(10-21(2)20-14)8-19-9-15(22)11-4-6-13(7-5-11)23-16(17)18/h4-7,10,15-16,19,22H,3,8-9H2,1-2H3. The third kappa shape index (κ3) is 5.01. The summed E-state index contributed by atoms with van der Waals surface area (Å²) in [6.07, 6.45) is 2.08. The monoisotopic (exact) mass is 325 g/mol. The summed E-state index contributed by atoms with van der Waals surface area (Å²) in [5.74, 6) is 0.0758. The van der Waals surface area contributed by atoms with E-state index in [1.165, 1.54) is 12.1 Å². The van der Waals surface area contributed by atoms with Crippen molar-refractivity contribution in [2.24, 2.45) is 7.05 Å². The topological polar surface area (TPSA) is 59.3 Å². The van der Waals surface area contributed by atoms with Crippen molar-refractivity contribution in [2.75, 3.05) is 6.54 Å². The van der Waals surface area contributed by atoms with Gasteiger partial charge in [0, 0.05) is 31.9 Å². The van der Waals surface area contributed by atoms with Crippen molar-refractivity contribution < 1.29 is 18.6 Å². The van der Waals surface area contributed by atoms with E-state index in [0.717, 1.165) is 17.7 Å². The molecule has 0 amide bonds. The smallest absolute Gasteiger partial charge is 0.387 e. The predicted octanol–water partition coefficient (Wildman–Crippen LogP) is 2.41. The lowest BCUT2D eigenvalue weighted by atomic mass is 10.1. The van der Waals surface area contributed by atoms with Crippen molar-refractivity contribution in [2.45, 2.75) is 32.6 Å². The molecule has 0 spiro atoms. The van der Waals surface area contributed by atoms with Crippen molar-refractivity contribution >= 4 is 0 Å². The molecule has 0 aliphatic heterocycles. The summed E-state index contributed by atoms with van der Waals surface area (Å²) in [6, 6.07) is 5.99. The number of rotatable bonds is 8. The Bertz CT molecular complexity index is 614. The summed E-state index contributed by atoms with van der Waals surface area (Å²) in [7, 11) is 1.88. The van der Waals surface area contributed by atoms with E-state index in [-0.39, 0.29) is 5.75 Å². The number of aromatic nitrogens is 2. The molecule has 23 heavy (non-hydrogen) atoms. The van der Waals surface area contributed by atoms with Crippen LogP contribution in [-0.2, 0) is 20.0 Å². The minimum Gasteiger partial charge on any atom is -0.435 e. The van der Waals surface area contributed by atoms with E-state index in [9.17, 15) is 13.9 Å². The van der Waals surface area contributed by atoms with Crippen LogP contribution in [-0.4, -0.2) is 28.0 Å². The van der Waals surface area contributed by atoms with E-state index >= 15 is 0 Å². The number of halogens is 2. The number of aliphatic hydroxyl groups excluding tert-OH is 1. The van der Waals surface area contributed by atoms with E-state index in [4.69, 9.17) is 0 Å². The molecule has 126 valence electrons. The van der Waals surface area contributed by atoms with Crippen LogP contribution >= 0.6 is 0 Å². The minimum absolute atomic E-state index is 0.0758. The number of nitrogens with zero attached hydrogens (tertiary/aromatic N) is 2. The van der Waals surface area contributed by atoms with Gasteiger partial charge >= 0.3 is 6.61 Å². The summed E-state index contributed by atoms with van der Waals surface area (Å²) in [4.78, 5) is 0. The van der Waals surface area contributed by atoms with Gasteiger partial charge in [-0.2, -0.15) is 13.9 Å². The van der Waals surface area contributed by atoms with E-state index in [0.29, 0.717) is 18.7 Å². The highest BCUT2D eigenvalue weighted by atomic mass is 19.3. The number of aryl methyl sites for hydroxylation is 2. The first-order valence-electron chi connectivity index (χ1n) is 7.44. The van der Waals surface area contributed by atoms with Gasteiger partial charge in [-0.1, -0.05) is 19.1 Å². The van der Waals surface area contributed by atoms with Crippen molar-refractivity contribution in [3.63, 3.8) is 0 Å². The molecule has 5 nitrogen and oxygen atoms in total. The maximum atomic E-state index is 12.1. The van der Waals surface area contributed by atoms with E-state index in [2.05, 4.69) is 15.2 Å². The average Bonchev–Trinajstić information content (AvgIpc) is 2.87. The van der Waals surface area contributed by atoms with E-state index in [1.54, 1.807) is 16.8 Å². The van der Waals surface area contributed by atoms with Gasteiger partial charge in [-0.05, 0) is 24.1 Å². The molecule has 0 aliphatic carbocycles. The molecular weight excluding hydrogens is 304 g/mol. The van der Waals surface area contributed by atoms with Gasteiger partial charge in [0.05, 0.1) is 11.8 Å². The second kappa shape index (κ2) is 8.03. The van der Waals surface area contributed by atoms with Crippen LogP contribution in [0.4, 0.5) is 8.78 Å². The molecule has 0 saturated heterocycles. The van der Waals surface area contributed by atoms with E-state index < -0.39 is 12.7 Å². The maximum Gasteiger partial charge on any atom is 0.387 e. The lowest BCUT2D eigenvalue weighted by Gasteiger charge is -2.13. The molecule has 2 N–H and O–H groups in total. The van der Waals surface area contributed by atoms with Crippen molar-refractivity contribution in [1.82, 2.24) is 15.1 Å². The van der Waals surface area contributed by atoms with Crippen LogP contribution in [0, 0.1) is 0 Å². The van der Waals surface area contributed by atoms with Gasteiger partial charge in [0.25, 0.3) is 0 Å². The highest BCUT2D eigenvalue weighted by Gasteiger charge is 2.10. The molecule has 0 aliphatic rings. The van der Waals surface area contributed by atoms with Crippen molar-refractivity contribution in [3.05, 3.63) is 47.3 Å². The van der Waals surface area contributed by atoms with Gasteiger partial charge < -0.3 is 15.2 Å². The van der Waals surface area contributed by atoms with Gasteiger partial charge in [0.1, 0.15) is 5.75 Å². The Hall–Kier alpha value is -1.99. The SMILES string of the molecule is CCc1nn(C)cc1CNCC(O)c1ccc(OC(F)F)cc1. The molecule has 0 saturated carbocycles. The number of hydrogen-bond donors (Lipinski definition) is 2. The molecular formula is C16H21F2N3O2. The highest BCUT2D eigenvalue weighted by molar-refractivity contribution is 5.28. The summed E-state index contributed by atoms with van der Waals surface area (Å²) in [5, 5.41) is 17.7. The Morgan fingerprint density at radius 2 is 2.00 bits per heavy atom. The number of nitrogens with one attached hydrogen (secondary N) is 1. The Morgan fingerprint density at radius 1 is 1.30 bits per heavy atom. The van der Waals surface area contributed by atoms with Crippen LogP contribution in [0.2, 0.25) is 0 Å². The molecule has 1 aromatic heterocycles. The lowest BCUT2D eigenvalue weighted by Crippen LogP contribution is -2.21. The van der Waals surface area contributed by atoms with Crippen LogP contribution < -0.4 is 10.1 Å². The van der Waals surface area contributed by atoms with Crippen LogP contribution in [0.5, 0.6) is 5.75 Å². The molecule has 1 atom stereocenters. The fourth-order valence-corrected chi connectivity index (χ4v) is 2.36. The number of alkyl halides is 2. The van der Waals surface area contributed by atoms with Crippen molar-refractivity contribution in [3.8, 4) is 5.75 Å². The molecule has 0 bridgehead atoms. The molecule has 1 heterocycles. The van der Waals surface area contributed by atoms with Crippen LogP contribution in [0.15, 0.2) is 30.5 Å². The van der Waals surface area contributed by atoms with Gasteiger partial charge in [-0.15, -0.1) is 0 Å². The first kappa shape index (κ1) is 17.4. The number of hydrogen-bond acceptors (Lipinski definition) is 4. The first-order valence-corrected chi connectivity index (χ1v) is 7.44. The second-order valence-electron chi connectivity index (χ2n) is 5.22. The molecule has 7 heteroatoms. The quantitative estimate of drug-likeness (QED) is 0.782. The second-order valence-corrected chi connectivity index (χ2v) is 5.22. The zero-order valence-corrected chi connectivity index (χ0v) is 13.2. The third-order valence-corrected chi connectivity index (χ3v) is 3.47. The molecule has 2 rings (SSSR count). The Kier molecular flexibility index (Phi) is 6.06. The van der Waals surface area contributed by atoms with Gasteiger partial charge in [-0.25, -0.2) is 0 Å². The minimum atomic E-state index is -2.85. The molecule has 1 unspecified atom stereocenters. The number of aliphatic hydroxyl groups is 1. The third-order valence-electron chi connectivity index (χ3n) is 3.47. The lowest BCUT2D eigenvalue weighted by molar-refractivity contribution is -0.0498.